The number of nitrogens with zero attached hydrogens (tertiary/aromatic N) is 1. The lowest BCUT2D eigenvalue weighted by Gasteiger charge is -2.25. The van der Waals surface area contributed by atoms with Gasteiger partial charge in [-0.25, -0.2) is 4.99 Å². The molecule has 0 fully saturated rings. The van der Waals surface area contributed by atoms with Crippen LogP contribution in [-0.4, -0.2) is 10.9 Å². The maximum absolute atomic E-state index is 11.4. The number of hydrogen-bond donors (Lipinski definition) is 2. The third kappa shape index (κ3) is 1.71. The highest BCUT2D eigenvalue weighted by atomic mass is 79.9. The van der Waals surface area contributed by atoms with Gasteiger partial charge >= 0.3 is 0 Å². The number of fused-ring (bicyclic) bond motifs is 2. The minimum Gasteiger partial charge on any atom is -0.384 e. The van der Waals surface area contributed by atoms with Gasteiger partial charge in [-0.15, -0.1) is 11.3 Å². The van der Waals surface area contributed by atoms with Gasteiger partial charge in [-0.3, -0.25) is 0 Å². The Kier molecular flexibility index (Phi) is 2.73. The van der Waals surface area contributed by atoms with E-state index in [1.807, 2.05) is 47.8 Å². The predicted octanol–water partition coefficient (Wildman–Crippen LogP) is 3.90. The molecule has 1 aromatic heterocycles. The summed E-state index contributed by atoms with van der Waals surface area (Å²) in [7, 11) is 0. The molecule has 0 aliphatic carbocycles. The lowest BCUT2D eigenvalue weighted by Crippen LogP contribution is -2.39. The summed E-state index contributed by atoms with van der Waals surface area (Å²) < 4.78 is 1.92. The van der Waals surface area contributed by atoms with Crippen LogP contribution in [0.1, 0.15) is 11.1 Å². The lowest BCUT2D eigenvalue weighted by molar-refractivity contribution is 0.160. The van der Waals surface area contributed by atoms with E-state index < -0.39 is 5.60 Å². The predicted molar refractivity (Wildman–Crippen MR) is 90.2 cm³/mol. The van der Waals surface area contributed by atoms with Crippen molar-refractivity contribution in [1.82, 2.24) is 0 Å². The molecule has 0 saturated heterocycles. The van der Waals surface area contributed by atoms with Crippen molar-refractivity contribution in [2.75, 3.05) is 0 Å². The molecular formula is C16H11BrN2OS. The van der Waals surface area contributed by atoms with Crippen LogP contribution in [0, 0.1) is 0 Å². The summed E-state index contributed by atoms with van der Waals surface area (Å²) in [6, 6.07) is 13.6. The van der Waals surface area contributed by atoms with Gasteiger partial charge in [-0.1, -0.05) is 34.1 Å². The standard InChI is InChI=1S/C16H11BrN2OS/c17-10-4-5-13-12(8-10)16(20,15(18)19-13)11-3-1-2-9-6-7-21-14(9)11/h1-8,20H,(H2,18,19). The number of aliphatic hydroxyl groups is 1. The molecule has 1 atom stereocenters. The van der Waals surface area contributed by atoms with Gasteiger partial charge in [-0.2, -0.15) is 0 Å². The van der Waals surface area contributed by atoms with E-state index in [0.717, 1.165) is 25.7 Å². The van der Waals surface area contributed by atoms with Gasteiger partial charge in [0.05, 0.1) is 5.69 Å². The fourth-order valence-corrected chi connectivity index (χ4v) is 4.13. The van der Waals surface area contributed by atoms with E-state index in [4.69, 9.17) is 5.73 Å². The number of hydrogen-bond acceptors (Lipinski definition) is 4. The first kappa shape index (κ1) is 13.0. The molecule has 5 heteroatoms. The molecule has 2 aromatic carbocycles. The number of rotatable bonds is 1. The van der Waals surface area contributed by atoms with Crippen LogP contribution in [0.5, 0.6) is 0 Å². The zero-order valence-electron chi connectivity index (χ0n) is 10.9. The molecule has 0 spiro atoms. The minimum absolute atomic E-state index is 0.219. The number of benzene rings is 2. The second-order valence-electron chi connectivity index (χ2n) is 5.01. The largest absolute Gasteiger partial charge is 0.384 e. The first-order chi connectivity index (χ1) is 10.1. The quantitative estimate of drug-likeness (QED) is 0.692. The first-order valence-corrected chi connectivity index (χ1v) is 8.12. The maximum atomic E-state index is 11.4. The Hall–Kier alpha value is -1.69. The van der Waals surface area contributed by atoms with Crippen LogP contribution in [0.2, 0.25) is 0 Å². The van der Waals surface area contributed by atoms with Crippen molar-refractivity contribution in [3.05, 3.63) is 63.4 Å². The molecule has 0 radical (unpaired) electrons. The average Bonchev–Trinajstić information content (AvgIpc) is 3.04. The van der Waals surface area contributed by atoms with E-state index in [9.17, 15) is 5.11 Å². The normalized spacial score (nSPS) is 20.6. The van der Waals surface area contributed by atoms with Crippen LogP contribution in [0.4, 0.5) is 5.69 Å². The fraction of sp³-hybridized carbons (Fsp3) is 0.0625. The van der Waals surface area contributed by atoms with E-state index >= 15 is 0 Å². The maximum Gasteiger partial charge on any atom is 0.175 e. The third-order valence-electron chi connectivity index (χ3n) is 3.83. The van der Waals surface area contributed by atoms with Crippen molar-refractivity contribution < 1.29 is 5.11 Å². The van der Waals surface area contributed by atoms with Gasteiger partial charge in [0.25, 0.3) is 0 Å². The smallest absolute Gasteiger partial charge is 0.175 e. The molecule has 0 saturated carbocycles. The summed E-state index contributed by atoms with van der Waals surface area (Å²) in [5.74, 6) is 0.219. The highest BCUT2D eigenvalue weighted by Crippen LogP contribution is 2.45. The molecule has 1 unspecified atom stereocenters. The number of nitrogens with two attached hydrogens (primary N) is 1. The number of thiophene rings is 1. The van der Waals surface area contributed by atoms with E-state index in [1.54, 1.807) is 11.3 Å². The van der Waals surface area contributed by atoms with Crippen molar-refractivity contribution >= 4 is 48.9 Å². The summed E-state index contributed by atoms with van der Waals surface area (Å²) in [5.41, 5.74) is 6.94. The van der Waals surface area contributed by atoms with Crippen molar-refractivity contribution in [3.63, 3.8) is 0 Å². The monoisotopic (exact) mass is 358 g/mol. The van der Waals surface area contributed by atoms with Crippen molar-refractivity contribution in [2.24, 2.45) is 10.7 Å². The molecule has 1 aliphatic heterocycles. The van der Waals surface area contributed by atoms with E-state index in [-0.39, 0.29) is 5.84 Å². The van der Waals surface area contributed by atoms with Gasteiger partial charge in [-0.05, 0) is 35.0 Å². The van der Waals surface area contributed by atoms with Crippen LogP contribution in [0.15, 0.2) is 57.3 Å². The Morgan fingerprint density at radius 2 is 2.00 bits per heavy atom. The van der Waals surface area contributed by atoms with Gasteiger partial charge < -0.3 is 10.8 Å². The van der Waals surface area contributed by atoms with Gasteiger partial charge in [0.1, 0.15) is 5.84 Å². The van der Waals surface area contributed by atoms with E-state index in [0.29, 0.717) is 5.69 Å². The van der Waals surface area contributed by atoms with E-state index in [1.165, 1.54) is 0 Å². The summed E-state index contributed by atoms with van der Waals surface area (Å²) in [4.78, 5) is 4.34. The Bertz CT molecular complexity index is 902. The van der Waals surface area contributed by atoms with Crippen LogP contribution in [0.25, 0.3) is 10.1 Å². The van der Waals surface area contributed by atoms with E-state index in [2.05, 4.69) is 20.9 Å². The Balaban J connectivity index is 2.06. The summed E-state index contributed by atoms with van der Waals surface area (Å²) in [6.45, 7) is 0. The molecule has 0 bridgehead atoms. The second kappa shape index (κ2) is 4.40. The molecular weight excluding hydrogens is 348 g/mol. The summed E-state index contributed by atoms with van der Waals surface area (Å²) >= 11 is 5.05. The molecule has 3 N–H and O–H groups in total. The topological polar surface area (TPSA) is 58.6 Å². The Morgan fingerprint density at radius 1 is 1.14 bits per heavy atom. The number of amidine groups is 1. The highest BCUT2D eigenvalue weighted by molar-refractivity contribution is 9.10. The zero-order valence-corrected chi connectivity index (χ0v) is 13.3. The molecule has 3 aromatic rings. The third-order valence-corrected chi connectivity index (χ3v) is 5.29. The lowest BCUT2D eigenvalue weighted by atomic mass is 9.86. The van der Waals surface area contributed by atoms with Gasteiger partial charge in [0.15, 0.2) is 5.60 Å². The minimum atomic E-state index is -1.37. The van der Waals surface area contributed by atoms with Crippen molar-refractivity contribution in [1.29, 1.82) is 0 Å². The second-order valence-corrected chi connectivity index (χ2v) is 6.85. The fourth-order valence-electron chi connectivity index (χ4n) is 2.81. The van der Waals surface area contributed by atoms with Gasteiger partial charge in [0.2, 0.25) is 0 Å². The molecule has 3 nitrogen and oxygen atoms in total. The Labute approximate surface area is 133 Å². The molecule has 104 valence electrons. The molecule has 4 rings (SSSR count). The van der Waals surface area contributed by atoms with Gasteiger partial charge in [0, 0.05) is 20.3 Å². The molecule has 21 heavy (non-hydrogen) atoms. The Morgan fingerprint density at radius 3 is 2.86 bits per heavy atom. The SMILES string of the molecule is NC1=Nc2ccc(Br)cc2C1(O)c1cccc2ccsc12. The molecule has 0 amide bonds. The first-order valence-electron chi connectivity index (χ1n) is 6.44. The zero-order chi connectivity index (χ0) is 14.6. The van der Waals surface area contributed by atoms with Crippen molar-refractivity contribution in [3.8, 4) is 0 Å². The molecule has 1 aliphatic rings. The average molecular weight is 359 g/mol. The highest BCUT2D eigenvalue weighted by Gasteiger charge is 2.43. The van der Waals surface area contributed by atoms with Crippen LogP contribution >= 0.6 is 27.3 Å². The van der Waals surface area contributed by atoms with Crippen LogP contribution in [-0.2, 0) is 5.60 Å². The van der Waals surface area contributed by atoms with Crippen LogP contribution in [0.3, 0.4) is 0 Å². The molecule has 2 heterocycles. The summed E-state index contributed by atoms with van der Waals surface area (Å²) in [5, 5.41) is 14.5. The van der Waals surface area contributed by atoms with Crippen LogP contribution < -0.4 is 5.73 Å². The number of halogens is 1. The van der Waals surface area contributed by atoms with Crippen molar-refractivity contribution in [2.45, 2.75) is 5.60 Å². The number of aliphatic imine (C=N–C) groups is 1. The summed E-state index contributed by atoms with van der Waals surface area (Å²) in [6.07, 6.45) is 0.